The minimum atomic E-state index is -3.76. The molecule has 0 saturated carbocycles. The summed E-state index contributed by atoms with van der Waals surface area (Å²) in [7, 11) is -3.76. The monoisotopic (exact) mass is 342 g/mol. The predicted molar refractivity (Wildman–Crippen MR) is 90.8 cm³/mol. The molecule has 3 rings (SSSR count). The van der Waals surface area contributed by atoms with Crippen LogP contribution < -0.4 is 4.72 Å². The molecule has 7 heteroatoms. The molecule has 2 aromatic carbocycles. The van der Waals surface area contributed by atoms with Gasteiger partial charge in [-0.2, -0.15) is 0 Å². The van der Waals surface area contributed by atoms with E-state index in [0.29, 0.717) is 22.6 Å². The Morgan fingerprint density at radius 2 is 1.83 bits per heavy atom. The highest BCUT2D eigenvalue weighted by molar-refractivity contribution is 7.92. The lowest BCUT2D eigenvalue weighted by Crippen LogP contribution is -2.13. The molecule has 0 unspecified atom stereocenters. The minimum absolute atomic E-state index is 0.150. The Morgan fingerprint density at radius 1 is 1.04 bits per heavy atom. The Hall–Kier alpha value is -3.06. The first-order valence-corrected chi connectivity index (χ1v) is 8.52. The third-order valence-corrected chi connectivity index (χ3v) is 4.72. The Labute approximate surface area is 139 Å². The first-order valence-electron chi connectivity index (χ1n) is 7.03. The number of nitrogens with zero attached hydrogens (tertiary/aromatic N) is 1. The Balaban J connectivity index is 2.07. The number of rotatable bonds is 5. The van der Waals surface area contributed by atoms with Gasteiger partial charge < -0.3 is 9.62 Å². The minimum Gasteiger partial charge on any atom is -0.464 e. The molecular formula is C17H14N2O4S. The highest BCUT2D eigenvalue weighted by Crippen LogP contribution is 2.31. The van der Waals surface area contributed by atoms with Gasteiger partial charge in [-0.15, -0.1) is 0 Å². The summed E-state index contributed by atoms with van der Waals surface area (Å²) in [6.07, 6.45) is 2.72. The van der Waals surface area contributed by atoms with Crippen LogP contribution in [0.25, 0.3) is 11.3 Å². The van der Waals surface area contributed by atoms with Gasteiger partial charge in [-0.05, 0) is 42.0 Å². The van der Waals surface area contributed by atoms with Crippen LogP contribution in [0, 0.1) is 0 Å². The first-order chi connectivity index (χ1) is 11.6. The van der Waals surface area contributed by atoms with Crippen LogP contribution >= 0.6 is 0 Å². The Bertz CT molecular complexity index is 950. The van der Waals surface area contributed by atoms with Crippen LogP contribution in [0.1, 0.15) is 5.56 Å². The normalized spacial score (nSPS) is 11.7. The van der Waals surface area contributed by atoms with Crippen molar-refractivity contribution in [3.63, 3.8) is 0 Å². The van der Waals surface area contributed by atoms with E-state index in [0.717, 1.165) is 0 Å². The molecule has 0 amide bonds. The summed E-state index contributed by atoms with van der Waals surface area (Å²) in [5, 5.41) is 11.7. The summed E-state index contributed by atoms with van der Waals surface area (Å²) in [6, 6.07) is 16.5. The van der Waals surface area contributed by atoms with Gasteiger partial charge in [-0.3, -0.25) is 4.72 Å². The van der Waals surface area contributed by atoms with Crippen molar-refractivity contribution in [3.8, 4) is 11.3 Å². The lowest BCUT2D eigenvalue weighted by Gasteiger charge is -2.12. The number of hydrogen-bond donors (Lipinski definition) is 2. The van der Waals surface area contributed by atoms with Crippen molar-refractivity contribution < 1.29 is 18.0 Å². The van der Waals surface area contributed by atoms with Gasteiger partial charge in [0.25, 0.3) is 10.0 Å². The smallest absolute Gasteiger partial charge is 0.261 e. The van der Waals surface area contributed by atoms with Gasteiger partial charge in [0.15, 0.2) is 0 Å². The van der Waals surface area contributed by atoms with E-state index in [1.807, 2.05) is 0 Å². The van der Waals surface area contributed by atoms with E-state index in [9.17, 15) is 8.42 Å². The SMILES string of the molecule is O=S(=O)(Nc1cc(/C=N\O)ccc1-c1ccco1)c1ccccc1. The maximum Gasteiger partial charge on any atom is 0.261 e. The van der Waals surface area contributed by atoms with Gasteiger partial charge in [0.2, 0.25) is 0 Å². The van der Waals surface area contributed by atoms with Crippen molar-refractivity contribution in [3.05, 3.63) is 72.5 Å². The zero-order valence-electron chi connectivity index (χ0n) is 12.5. The number of hydrogen-bond acceptors (Lipinski definition) is 5. The first kappa shape index (κ1) is 15.8. The van der Waals surface area contributed by atoms with Gasteiger partial charge in [0.05, 0.1) is 23.1 Å². The molecule has 0 aliphatic heterocycles. The molecule has 3 aromatic rings. The van der Waals surface area contributed by atoms with E-state index in [4.69, 9.17) is 9.62 Å². The van der Waals surface area contributed by atoms with Crippen LogP contribution in [0.2, 0.25) is 0 Å². The van der Waals surface area contributed by atoms with E-state index in [1.165, 1.54) is 24.6 Å². The number of anilines is 1. The number of sulfonamides is 1. The molecule has 1 heterocycles. The summed E-state index contributed by atoms with van der Waals surface area (Å²) >= 11 is 0. The molecule has 0 saturated heterocycles. The second-order valence-corrected chi connectivity index (χ2v) is 6.63. The second-order valence-electron chi connectivity index (χ2n) is 4.95. The fraction of sp³-hybridized carbons (Fsp3) is 0. The highest BCUT2D eigenvalue weighted by Gasteiger charge is 2.17. The van der Waals surface area contributed by atoms with E-state index >= 15 is 0 Å². The van der Waals surface area contributed by atoms with Crippen LogP contribution in [0.5, 0.6) is 0 Å². The van der Waals surface area contributed by atoms with Crippen LogP contribution in [0.3, 0.4) is 0 Å². The van der Waals surface area contributed by atoms with Gasteiger partial charge >= 0.3 is 0 Å². The molecule has 0 fully saturated rings. The number of benzene rings is 2. The average molecular weight is 342 g/mol. The van der Waals surface area contributed by atoms with Crippen LogP contribution in [0.4, 0.5) is 5.69 Å². The molecule has 0 bridgehead atoms. The molecule has 122 valence electrons. The second kappa shape index (κ2) is 6.59. The Morgan fingerprint density at radius 3 is 2.50 bits per heavy atom. The summed E-state index contributed by atoms with van der Waals surface area (Å²) < 4.78 is 33.1. The zero-order valence-corrected chi connectivity index (χ0v) is 13.3. The van der Waals surface area contributed by atoms with Crippen LogP contribution in [-0.4, -0.2) is 19.8 Å². The van der Waals surface area contributed by atoms with E-state index in [-0.39, 0.29) is 4.90 Å². The molecule has 1 aromatic heterocycles. The molecule has 2 N–H and O–H groups in total. The van der Waals surface area contributed by atoms with Crippen molar-refractivity contribution >= 4 is 21.9 Å². The highest BCUT2D eigenvalue weighted by atomic mass is 32.2. The largest absolute Gasteiger partial charge is 0.464 e. The van der Waals surface area contributed by atoms with E-state index in [2.05, 4.69) is 9.88 Å². The molecule has 0 radical (unpaired) electrons. The van der Waals surface area contributed by atoms with Crippen molar-refractivity contribution in [1.29, 1.82) is 0 Å². The van der Waals surface area contributed by atoms with Gasteiger partial charge in [0.1, 0.15) is 5.76 Å². The van der Waals surface area contributed by atoms with Crippen molar-refractivity contribution in [2.75, 3.05) is 4.72 Å². The summed E-state index contributed by atoms with van der Waals surface area (Å²) in [6.45, 7) is 0. The van der Waals surface area contributed by atoms with Crippen molar-refractivity contribution in [2.24, 2.45) is 5.16 Å². The zero-order chi connectivity index (χ0) is 17.0. The molecule has 6 nitrogen and oxygen atoms in total. The van der Waals surface area contributed by atoms with Gasteiger partial charge in [-0.1, -0.05) is 29.4 Å². The fourth-order valence-electron chi connectivity index (χ4n) is 2.24. The summed E-state index contributed by atoms with van der Waals surface area (Å²) in [5.41, 5.74) is 1.44. The molecular weight excluding hydrogens is 328 g/mol. The van der Waals surface area contributed by atoms with Gasteiger partial charge in [0, 0.05) is 5.56 Å². The molecule has 0 atom stereocenters. The van der Waals surface area contributed by atoms with Crippen LogP contribution in [0.15, 0.2) is 81.4 Å². The van der Waals surface area contributed by atoms with E-state index < -0.39 is 10.0 Å². The predicted octanol–water partition coefficient (Wildman–Crippen LogP) is 3.56. The summed E-state index contributed by atoms with van der Waals surface area (Å²) in [5.74, 6) is 0.522. The standard InChI is InChI=1S/C17H14N2O4S/c20-18-12-13-8-9-15(17-7-4-10-23-17)16(11-13)19-24(21,22)14-5-2-1-3-6-14/h1-12,19-20H/b18-12-. The third kappa shape index (κ3) is 3.31. The Kier molecular flexibility index (Phi) is 4.35. The topological polar surface area (TPSA) is 91.9 Å². The van der Waals surface area contributed by atoms with E-state index in [1.54, 1.807) is 48.5 Å². The maximum atomic E-state index is 12.6. The number of furan rings is 1. The average Bonchev–Trinajstić information content (AvgIpc) is 3.10. The quantitative estimate of drug-likeness (QED) is 0.421. The van der Waals surface area contributed by atoms with Crippen LogP contribution in [-0.2, 0) is 10.0 Å². The molecule has 0 aliphatic carbocycles. The van der Waals surface area contributed by atoms with Gasteiger partial charge in [-0.25, -0.2) is 8.42 Å². The number of oxime groups is 1. The molecule has 24 heavy (non-hydrogen) atoms. The molecule has 0 spiro atoms. The lowest BCUT2D eigenvalue weighted by atomic mass is 10.1. The van der Waals surface area contributed by atoms with Crippen molar-refractivity contribution in [2.45, 2.75) is 4.90 Å². The molecule has 0 aliphatic rings. The lowest BCUT2D eigenvalue weighted by molar-refractivity contribution is 0.322. The summed E-state index contributed by atoms with van der Waals surface area (Å²) in [4.78, 5) is 0.150. The maximum absolute atomic E-state index is 12.6. The third-order valence-electron chi connectivity index (χ3n) is 3.33. The fourth-order valence-corrected chi connectivity index (χ4v) is 3.33. The van der Waals surface area contributed by atoms with Crippen molar-refractivity contribution in [1.82, 2.24) is 0 Å². The number of nitrogens with one attached hydrogen (secondary N) is 1.